The summed E-state index contributed by atoms with van der Waals surface area (Å²) in [6.45, 7) is 5.40. The Morgan fingerprint density at radius 3 is 2.42 bits per heavy atom. The quantitative estimate of drug-likeness (QED) is 0.501. The van der Waals surface area contributed by atoms with Gasteiger partial charge in [0.05, 0.1) is 25.4 Å². The molecule has 2 saturated heterocycles. The zero-order valence-electron chi connectivity index (χ0n) is 7.23. The van der Waals surface area contributed by atoms with E-state index in [9.17, 15) is 0 Å². The lowest BCUT2D eigenvalue weighted by molar-refractivity contribution is 0.187. The van der Waals surface area contributed by atoms with Crippen molar-refractivity contribution >= 4 is 8.60 Å². The van der Waals surface area contributed by atoms with Crippen molar-refractivity contribution < 1.29 is 18.3 Å². The third-order valence-corrected chi connectivity index (χ3v) is 3.30. The lowest BCUT2D eigenvalue weighted by atomic mass is 10.3. The summed E-state index contributed by atoms with van der Waals surface area (Å²) in [5, 5.41) is 0. The largest absolute Gasteiger partial charge is 0.371 e. The van der Waals surface area contributed by atoms with Gasteiger partial charge >= 0.3 is 8.60 Å². The molecule has 3 unspecified atom stereocenters. The average Bonchev–Trinajstić information content (AvgIpc) is 2.78. The van der Waals surface area contributed by atoms with Crippen LogP contribution in [0.5, 0.6) is 0 Å². The highest BCUT2D eigenvalue weighted by Gasteiger charge is 2.34. The second kappa shape index (κ2) is 3.56. The van der Waals surface area contributed by atoms with Crippen LogP contribution in [0.3, 0.4) is 0 Å². The molecular weight excluding hydrogens is 179 g/mol. The van der Waals surface area contributed by atoms with Crippen molar-refractivity contribution in [1.29, 1.82) is 0 Å². The molecule has 2 aliphatic heterocycles. The van der Waals surface area contributed by atoms with Crippen LogP contribution in [0.1, 0.15) is 13.8 Å². The first-order valence-corrected chi connectivity index (χ1v) is 5.23. The normalized spacial score (nSPS) is 46.5. The Morgan fingerprint density at radius 1 is 1.33 bits per heavy atom. The molecule has 0 aromatic carbocycles. The molecule has 0 saturated carbocycles. The van der Waals surface area contributed by atoms with Gasteiger partial charge in [-0.15, -0.1) is 0 Å². The predicted molar refractivity (Wildman–Crippen MR) is 43.7 cm³/mol. The third kappa shape index (κ3) is 2.15. The van der Waals surface area contributed by atoms with Gasteiger partial charge in [-0.2, -0.15) is 0 Å². The van der Waals surface area contributed by atoms with Crippen LogP contribution in [0.25, 0.3) is 0 Å². The molecule has 3 atom stereocenters. The van der Waals surface area contributed by atoms with E-state index in [1.54, 1.807) is 0 Å². The minimum atomic E-state index is -1.10. The van der Waals surface area contributed by atoms with E-state index in [-0.39, 0.29) is 18.3 Å². The Labute approximate surface area is 73.1 Å². The van der Waals surface area contributed by atoms with E-state index in [0.29, 0.717) is 6.61 Å². The van der Waals surface area contributed by atoms with Crippen LogP contribution in [-0.4, -0.2) is 31.5 Å². The zero-order valence-corrected chi connectivity index (χ0v) is 8.12. The summed E-state index contributed by atoms with van der Waals surface area (Å²) in [6, 6.07) is 0. The molecule has 0 N–H and O–H groups in total. The van der Waals surface area contributed by atoms with Crippen molar-refractivity contribution in [3.8, 4) is 0 Å². The second-order valence-corrected chi connectivity index (χ2v) is 4.22. The number of hydrogen-bond donors (Lipinski definition) is 0. The van der Waals surface area contributed by atoms with E-state index < -0.39 is 8.60 Å². The maximum Gasteiger partial charge on any atom is 0.333 e. The van der Waals surface area contributed by atoms with Crippen LogP contribution in [0.4, 0.5) is 0 Å². The van der Waals surface area contributed by atoms with E-state index in [1.807, 2.05) is 13.8 Å². The van der Waals surface area contributed by atoms with Gasteiger partial charge in [0.2, 0.25) is 0 Å². The molecular formula is C7H13O4P. The molecule has 0 amide bonds. The Bertz CT molecular complexity index is 151. The number of epoxide rings is 1. The summed E-state index contributed by atoms with van der Waals surface area (Å²) in [6.07, 6.45) is 0.582. The Hall–Kier alpha value is 0.270. The van der Waals surface area contributed by atoms with Gasteiger partial charge in [-0.3, -0.25) is 0 Å². The summed E-state index contributed by atoms with van der Waals surface area (Å²) in [5.74, 6) is 0. The summed E-state index contributed by atoms with van der Waals surface area (Å²) < 4.78 is 21.2. The fourth-order valence-electron chi connectivity index (χ4n) is 0.837. The lowest BCUT2D eigenvalue weighted by Gasteiger charge is -2.06. The van der Waals surface area contributed by atoms with Gasteiger partial charge < -0.3 is 18.3 Å². The minimum Gasteiger partial charge on any atom is -0.371 e. The molecule has 0 aromatic rings. The SMILES string of the molecule is CC1OP(OCC2CO2)OC1C. The van der Waals surface area contributed by atoms with Crippen LogP contribution in [0.2, 0.25) is 0 Å². The Morgan fingerprint density at radius 2 is 1.92 bits per heavy atom. The standard InChI is InChI=1S/C7H13O4P/c1-5-6(2)11-12(10-5)9-4-7-3-8-7/h5-7H,3-4H2,1-2H3. The molecule has 70 valence electrons. The van der Waals surface area contributed by atoms with Crippen molar-refractivity contribution in [3.05, 3.63) is 0 Å². The molecule has 0 spiro atoms. The third-order valence-electron chi connectivity index (χ3n) is 1.93. The van der Waals surface area contributed by atoms with E-state index in [2.05, 4.69) is 0 Å². The molecule has 0 radical (unpaired) electrons. The molecule has 2 fully saturated rings. The van der Waals surface area contributed by atoms with Crippen molar-refractivity contribution in [3.63, 3.8) is 0 Å². The van der Waals surface area contributed by atoms with Crippen molar-refractivity contribution in [2.45, 2.75) is 32.2 Å². The summed E-state index contributed by atoms with van der Waals surface area (Å²) in [7, 11) is -1.10. The van der Waals surface area contributed by atoms with E-state index in [0.717, 1.165) is 6.61 Å². The number of ether oxygens (including phenoxy) is 1. The van der Waals surface area contributed by atoms with Gasteiger partial charge in [0.25, 0.3) is 0 Å². The van der Waals surface area contributed by atoms with Crippen LogP contribution in [0, 0.1) is 0 Å². The first-order chi connectivity index (χ1) is 5.75. The first-order valence-electron chi connectivity index (χ1n) is 4.14. The molecule has 5 heteroatoms. The maximum absolute atomic E-state index is 5.42. The molecule has 2 rings (SSSR count). The molecule has 12 heavy (non-hydrogen) atoms. The van der Waals surface area contributed by atoms with E-state index in [1.165, 1.54) is 0 Å². The Kier molecular flexibility index (Phi) is 2.63. The Balaban J connectivity index is 1.67. The van der Waals surface area contributed by atoms with Crippen LogP contribution >= 0.6 is 8.60 Å². The molecule has 4 nitrogen and oxygen atoms in total. The monoisotopic (exact) mass is 192 g/mol. The van der Waals surface area contributed by atoms with Crippen LogP contribution in [0.15, 0.2) is 0 Å². The molecule has 0 bridgehead atoms. The maximum atomic E-state index is 5.42. The summed E-state index contributed by atoms with van der Waals surface area (Å²) in [5.41, 5.74) is 0. The fraction of sp³-hybridized carbons (Fsp3) is 1.00. The topological polar surface area (TPSA) is 40.2 Å². The molecule has 0 aliphatic carbocycles. The van der Waals surface area contributed by atoms with Crippen LogP contribution < -0.4 is 0 Å². The van der Waals surface area contributed by atoms with Gasteiger partial charge in [-0.25, -0.2) is 0 Å². The lowest BCUT2D eigenvalue weighted by Crippen LogP contribution is -2.13. The fourth-order valence-corrected chi connectivity index (χ4v) is 2.18. The predicted octanol–water partition coefficient (Wildman–Crippen LogP) is 1.45. The van der Waals surface area contributed by atoms with Crippen molar-refractivity contribution in [2.75, 3.05) is 13.2 Å². The first kappa shape index (κ1) is 8.85. The zero-order chi connectivity index (χ0) is 8.55. The van der Waals surface area contributed by atoms with E-state index in [4.69, 9.17) is 18.3 Å². The summed E-state index contributed by atoms with van der Waals surface area (Å²) in [4.78, 5) is 0. The van der Waals surface area contributed by atoms with Gasteiger partial charge in [0, 0.05) is 0 Å². The molecule has 2 aliphatic rings. The van der Waals surface area contributed by atoms with Gasteiger partial charge in [-0.05, 0) is 13.8 Å². The van der Waals surface area contributed by atoms with Gasteiger partial charge in [-0.1, -0.05) is 0 Å². The second-order valence-electron chi connectivity index (χ2n) is 3.10. The van der Waals surface area contributed by atoms with Crippen molar-refractivity contribution in [2.24, 2.45) is 0 Å². The minimum absolute atomic E-state index is 0.149. The van der Waals surface area contributed by atoms with Crippen molar-refractivity contribution in [1.82, 2.24) is 0 Å². The smallest absolute Gasteiger partial charge is 0.333 e. The summed E-state index contributed by atoms with van der Waals surface area (Å²) >= 11 is 0. The van der Waals surface area contributed by atoms with E-state index >= 15 is 0 Å². The highest BCUT2D eigenvalue weighted by Crippen LogP contribution is 2.49. The highest BCUT2D eigenvalue weighted by atomic mass is 31.2. The highest BCUT2D eigenvalue weighted by molar-refractivity contribution is 7.42. The molecule has 2 heterocycles. The number of hydrogen-bond acceptors (Lipinski definition) is 4. The number of rotatable bonds is 3. The van der Waals surface area contributed by atoms with Gasteiger partial charge in [0.1, 0.15) is 6.10 Å². The van der Waals surface area contributed by atoms with Crippen LogP contribution in [-0.2, 0) is 18.3 Å². The van der Waals surface area contributed by atoms with Gasteiger partial charge in [0.15, 0.2) is 0 Å². The average molecular weight is 192 g/mol. The molecule has 0 aromatic heterocycles.